The third-order valence-corrected chi connectivity index (χ3v) is 3.24. The Labute approximate surface area is 148 Å². The summed E-state index contributed by atoms with van der Waals surface area (Å²) in [5, 5.41) is 18.9. The first-order valence-electron chi connectivity index (χ1n) is 6.30. The van der Waals surface area contributed by atoms with E-state index in [4.69, 9.17) is 5.11 Å². The van der Waals surface area contributed by atoms with E-state index in [0.717, 1.165) is 12.1 Å². The molecule has 0 aliphatic heterocycles. The summed E-state index contributed by atoms with van der Waals surface area (Å²) in [6.45, 7) is 1.40. The van der Waals surface area contributed by atoms with Crippen molar-refractivity contribution in [1.29, 1.82) is 0 Å². The van der Waals surface area contributed by atoms with E-state index in [1.54, 1.807) is 12.1 Å². The van der Waals surface area contributed by atoms with Gasteiger partial charge in [-0.3, -0.25) is 4.79 Å². The van der Waals surface area contributed by atoms with E-state index in [1.807, 2.05) is 0 Å². The summed E-state index contributed by atoms with van der Waals surface area (Å²) >= 11 is 0. The van der Waals surface area contributed by atoms with Crippen molar-refractivity contribution >= 4 is 35.5 Å². The fourth-order valence-corrected chi connectivity index (χ4v) is 2.13. The summed E-state index contributed by atoms with van der Waals surface area (Å²) in [6, 6.07) is 9.46. The van der Waals surface area contributed by atoms with E-state index in [1.165, 1.54) is 25.1 Å². The van der Waals surface area contributed by atoms with Crippen LogP contribution >= 0.6 is 0 Å². The van der Waals surface area contributed by atoms with Crippen molar-refractivity contribution < 1.29 is 23.8 Å². The number of aliphatic carboxylic acids is 1. The maximum atomic E-state index is 13.7. The summed E-state index contributed by atoms with van der Waals surface area (Å²) in [5.74, 6) is -2.45. The first-order chi connectivity index (χ1) is 9.79. The van der Waals surface area contributed by atoms with E-state index in [-0.39, 0.29) is 35.1 Å². The number of aliphatic hydroxyl groups is 1. The number of benzene rings is 2. The van der Waals surface area contributed by atoms with Gasteiger partial charge in [0, 0.05) is 11.6 Å². The molecular weight excluding hydrogens is 301 g/mol. The van der Waals surface area contributed by atoms with Crippen LogP contribution in [-0.4, -0.2) is 45.7 Å². The van der Waals surface area contributed by atoms with Crippen LogP contribution < -0.4 is 0 Å². The van der Waals surface area contributed by atoms with Gasteiger partial charge in [0.2, 0.25) is 0 Å². The molecule has 112 valence electrons. The second-order valence-corrected chi connectivity index (χ2v) is 5.05. The molecule has 0 heterocycles. The Kier molecular flexibility index (Phi) is 6.26. The van der Waals surface area contributed by atoms with E-state index in [2.05, 4.69) is 0 Å². The van der Waals surface area contributed by atoms with Gasteiger partial charge in [-0.1, -0.05) is 24.3 Å². The quantitative estimate of drug-likeness (QED) is 0.853. The SMILES string of the molecule is CC(O)(CC(=O)O)c1ccc(-c2ccc(F)cc2F)cc1.[NaH]. The molecular formula is C16H15F2NaO3. The molecule has 0 saturated carbocycles. The molecule has 0 radical (unpaired) electrons. The normalized spacial score (nSPS) is 13.1. The third kappa shape index (κ3) is 4.36. The van der Waals surface area contributed by atoms with Crippen LogP contribution in [0.15, 0.2) is 42.5 Å². The zero-order valence-corrected chi connectivity index (χ0v) is 11.3. The monoisotopic (exact) mass is 316 g/mol. The molecule has 6 heteroatoms. The summed E-state index contributed by atoms with van der Waals surface area (Å²) in [7, 11) is 0. The molecule has 0 amide bonds. The summed E-state index contributed by atoms with van der Waals surface area (Å²) in [5.41, 5.74) is -0.342. The predicted molar refractivity (Wildman–Crippen MR) is 80.8 cm³/mol. The van der Waals surface area contributed by atoms with Gasteiger partial charge >= 0.3 is 35.5 Å². The molecule has 0 aromatic heterocycles. The average molecular weight is 316 g/mol. The van der Waals surface area contributed by atoms with Crippen molar-refractivity contribution in [2.75, 3.05) is 0 Å². The van der Waals surface area contributed by atoms with E-state index < -0.39 is 29.6 Å². The Morgan fingerprint density at radius 1 is 1.14 bits per heavy atom. The molecule has 2 N–H and O–H groups in total. The first kappa shape index (κ1) is 18.8. The van der Waals surface area contributed by atoms with Gasteiger partial charge in [0.15, 0.2) is 0 Å². The van der Waals surface area contributed by atoms with Crippen molar-refractivity contribution in [3.63, 3.8) is 0 Å². The van der Waals surface area contributed by atoms with Gasteiger partial charge in [-0.05, 0) is 30.2 Å². The molecule has 0 bridgehead atoms. The molecule has 0 fully saturated rings. The summed E-state index contributed by atoms with van der Waals surface area (Å²) in [4.78, 5) is 10.7. The minimum absolute atomic E-state index is 0. The van der Waals surface area contributed by atoms with Crippen molar-refractivity contribution in [3.8, 4) is 11.1 Å². The fourth-order valence-electron chi connectivity index (χ4n) is 2.13. The number of carboxylic acids is 1. The van der Waals surface area contributed by atoms with Gasteiger partial charge in [0.05, 0.1) is 12.0 Å². The number of hydrogen-bond acceptors (Lipinski definition) is 2. The Bertz CT molecular complexity index is 670. The van der Waals surface area contributed by atoms with Crippen molar-refractivity contribution in [1.82, 2.24) is 0 Å². The molecule has 3 nitrogen and oxygen atoms in total. The Morgan fingerprint density at radius 3 is 2.23 bits per heavy atom. The van der Waals surface area contributed by atoms with E-state index >= 15 is 0 Å². The van der Waals surface area contributed by atoms with Gasteiger partial charge in [0.1, 0.15) is 11.6 Å². The third-order valence-electron chi connectivity index (χ3n) is 3.24. The van der Waals surface area contributed by atoms with Gasteiger partial charge in [-0.2, -0.15) is 0 Å². The topological polar surface area (TPSA) is 57.5 Å². The van der Waals surface area contributed by atoms with Crippen LogP contribution in [0, 0.1) is 11.6 Å². The minimum atomic E-state index is -1.51. The van der Waals surface area contributed by atoms with E-state index in [0.29, 0.717) is 11.1 Å². The van der Waals surface area contributed by atoms with Crippen LogP contribution in [0.25, 0.3) is 11.1 Å². The van der Waals surface area contributed by atoms with Crippen LogP contribution in [0.4, 0.5) is 8.78 Å². The molecule has 0 aliphatic rings. The Hall–Kier alpha value is -1.27. The number of carbonyl (C=O) groups is 1. The van der Waals surface area contributed by atoms with Crippen molar-refractivity contribution in [2.45, 2.75) is 18.9 Å². The first-order valence-corrected chi connectivity index (χ1v) is 6.30. The van der Waals surface area contributed by atoms with Gasteiger partial charge in [0.25, 0.3) is 0 Å². The standard InChI is InChI=1S/C16H14F2O3.Na.H/c1-16(21,9-15(19)20)11-4-2-10(3-5-11)13-7-6-12(17)8-14(13)18;;/h2-8,21H,9H2,1H3,(H,19,20);;. The second kappa shape index (κ2) is 7.33. The molecule has 2 aromatic carbocycles. The van der Waals surface area contributed by atoms with Crippen LogP contribution in [0.3, 0.4) is 0 Å². The second-order valence-electron chi connectivity index (χ2n) is 5.05. The molecule has 22 heavy (non-hydrogen) atoms. The van der Waals surface area contributed by atoms with Crippen LogP contribution in [0.1, 0.15) is 18.9 Å². The molecule has 1 unspecified atom stereocenters. The molecule has 1 atom stereocenters. The molecule has 0 spiro atoms. The van der Waals surface area contributed by atoms with Crippen molar-refractivity contribution in [2.24, 2.45) is 0 Å². The van der Waals surface area contributed by atoms with Gasteiger partial charge < -0.3 is 10.2 Å². The summed E-state index contributed by atoms with van der Waals surface area (Å²) in [6.07, 6.45) is -0.433. The van der Waals surface area contributed by atoms with Gasteiger partial charge in [-0.15, -0.1) is 0 Å². The fraction of sp³-hybridized carbons (Fsp3) is 0.188. The zero-order valence-electron chi connectivity index (χ0n) is 11.3. The molecule has 2 rings (SSSR count). The zero-order chi connectivity index (χ0) is 15.6. The van der Waals surface area contributed by atoms with Crippen LogP contribution in [0.5, 0.6) is 0 Å². The van der Waals surface area contributed by atoms with Crippen LogP contribution in [0.2, 0.25) is 0 Å². The van der Waals surface area contributed by atoms with Crippen LogP contribution in [-0.2, 0) is 10.4 Å². The molecule has 0 saturated heterocycles. The van der Waals surface area contributed by atoms with E-state index in [9.17, 15) is 18.7 Å². The van der Waals surface area contributed by atoms with Gasteiger partial charge in [-0.25, -0.2) is 8.78 Å². The molecule has 0 aliphatic carbocycles. The average Bonchev–Trinajstić information content (AvgIpc) is 2.37. The maximum absolute atomic E-state index is 13.7. The van der Waals surface area contributed by atoms with Crippen molar-refractivity contribution in [3.05, 3.63) is 59.7 Å². The predicted octanol–water partition coefficient (Wildman–Crippen LogP) is 2.67. The number of rotatable bonds is 4. The summed E-state index contributed by atoms with van der Waals surface area (Å²) < 4.78 is 26.6. The number of hydrogen-bond donors (Lipinski definition) is 2. The number of halogens is 2. The Morgan fingerprint density at radius 2 is 1.73 bits per heavy atom. The number of carboxylic acid groups (broad SMARTS) is 1. The molecule has 2 aromatic rings. The Balaban J connectivity index is 0.00000242.